The minimum Gasteiger partial charge on any atom is -0.357 e. The van der Waals surface area contributed by atoms with Gasteiger partial charge in [0.05, 0.1) is 4.47 Å². The van der Waals surface area contributed by atoms with Crippen LogP contribution < -0.4 is 10.2 Å². The Morgan fingerprint density at radius 1 is 1.38 bits per heavy atom. The van der Waals surface area contributed by atoms with Crippen molar-refractivity contribution >= 4 is 37.7 Å². The minimum atomic E-state index is 0.952. The van der Waals surface area contributed by atoms with E-state index in [4.69, 9.17) is 0 Å². The van der Waals surface area contributed by atoms with Gasteiger partial charge in [-0.25, -0.2) is 4.98 Å². The zero-order chi connectivity index (χ0) is 12.0. The monoisotopic (exact) mass is 349 g/mol. The third kappa shape index (κ3) is 4.39. The van der Waals surface area contributed by atoms with E-state index < -0.39 is 0 Å². The van der Waals surface area contributed by atoms with Crippen LogP contribution in [0.25, 0.3) is 0 Å². The van der Waals surface area contributed by atoms with Crippen LogP contribution in [0.2, 0.25) is 0 Å². The highest BCUT2D eigenvalue weighted by Gasteiger charge is 2.07. The van der Waals surface area contributed by atoms with E-state index in [1.165, 1.54) is 6.42 Å². The number of rotatable bonds is 6. The second-order valence-electron chi connectivity index (χ2n) is 3.63. The van der Waals surface area contributed by atoms with Gasteiger partial charge in [-0.05, 0) is 50.9 Å². The Bertz CT molecular complexity index is 331. The van der Waals surface area contributed by atoms with Gasteiger partial charge >= 0.3 is 0 Å². The van der Waals surface area contributed by atoms with Crippen LogP contribution in [0.15, 0.2) is 21.2 Å². The highest BCUT2D eigenvalue weighted by molar-refractivity contribution is 9.11. The van der Waals surface area contributed by atoms with E-state index in [1.807, 2.05) is 12.3 Å². The zero-order valence-electron chi connectivity index (χ0n) is 9.63. The summed E-state index contributed by atoms with van der Waals surface area (Å²) in [4.78, 5) is 6.52. The van der Waals surface area contributed by atoms with Crippen LogP contribution >= 0.6 is 31.9 Å². The number of hydrogen-bond acceptors (Lipinski definition) is 3. The average Bonchev–Trinajstić information content (AvgIpc) is 2.24. The lowest BCUT2D eigenvalue weighted by Gasteiger charge is -2.19. The van der Waals surface area contributed by atoms with E-state index >= 15 is 0 Å². The molecule has 0 saturated heterocycles. The molecule has 90 valence electrons. The Balaban J connectivity index is 2.49. The number of likely N-dealkylation sites (N-methyl/N-ethyl adjacent to an activating group) is 1. The molecule has 3 nitrogen and oxygen atoms in total. The first kappa shape index (κ1) is 13.9. The molecule has 0 aliphatic rings. The molecular weight excluding hydrogens is 334 g/mol. The summed E-state index contributed by atoms with van der Waals surface area (Å²) in [5.41, 5.74) is 0. The summed E-state index contributed by atoms with van der Waals surface area (Å²) in [6.45, 7) is 5.17. The van der Waals surface area contributed by atoms with Crippen LogP contribution in [0.5, 0.6) is 0 Å². The first-order chi connectivity index (χ1) is 7.65. The maximum absolute atomic E-state index is 4.38. The van der Waals surface area contributed by atoms with Crippen molar-refractivity contribution in [2.24, 2.45) is 0 Å². The molecule has 1 aromatic heterocycles. The lowest BCUT2D eigenvalue weighted by atomic mass is 10.4. The van der Waals surface area contributed by atoms with Crippen molar-refractivity contribution in [1.82, 2.24) is 10.3 Å². The first-order valence-corrected chi connectivity index (χ1v) is 6.96. The van der Waals surface area contributed by atoms with E-state index in [2.05, 4.69) is 61.0 Å². The Hall–Kier alpha value is -0.130. The molecule has 1 heterocycles. The molecule has 0 aliphatic heterocycles. The fraction of sp³-hybridized carbons (Fsp3) is 0.545. The fourth-order valence-electron chi connectivity index (χ4n) is 1.34. The SMILES string of the molecule is CCCNCCN(C)c1ncc(Br)cc1Br. The van der Waals surface area contributed by atoms with Crippen molar-refractivity contribution in [3.63, 3.8) is 0 Å². The Labute approximate surface area is 114 Å². The molecule has 5 heteroatoms. The molecule has 1 aromatic rings. The number of nitrogens with zero attached hydrogens (tertiary/aromatic N) is 2. The summed E-state index contributed by atoms with van der Waals surface area (Å²) in [6, 6.07) is 2.01. The summed E-state index contributed by atoms with van der Waals surface area (Å²) in [7, 11) is 2.05. The topological polar surface area (TPSA) is 28.2 Å². The van der Waals surface area contributed by atoms with Gasteiger partial charge in [0.2, 0.25) is 0 Å². The number of halogens is 2. The summed E-state index contributed by atoms with van der Waals surface area (Å²) in [5, 5.41) is 3.37. The molecular formula is C11H17Br2N3. The quantitative estimate of drug-likeness (QED) is 0.799. The normalized spacial score (nSPS) is 10.5. The highest BCUT2D eigenvalue weighted by atomic mass is 79.9. The van der Waals surface area contributed by atoms with Crippen LogP contribution in [-0.4, -0.2) is 31.7 Å². The van der Waals surface area contributed by atoms with E-state index in [0.29, 0.717) is 0 Å². The molecule has 0 aromatic carbocycles. The van der Waals surface area contributed by atoms with Gasteiger partial charge < -0.3 is 10.2 Å². The lowest BCUT2D eigenvalue weighted by molar-refractivity contribution is 0.663. The lowest BCUT2D eigenvalue weighted by Crippen LogP contribution is -2.30. The van der Waals surface area contributed by atoms with Crippen molar-refractivity contribution in [2.45, 2.75) is 13.3 Å². The third-order valence-electron chi connectivity index (χ3n) is 2.20. The molecule has 0 spiro atoms. The maximum Gasteiger partial charge on any atom is 0.142 e. The smallest absolute Gasteiger partial charge is 0.142 e. The number of nitrogens with one attached hydrogen (secondary N) is 1. The molecule has 16 heavy (non-hydrogen) atoms. The molecule has 0 atom stereocenters. The Morgan fingerprint density at radius 2 is 2.12 bits per heavy atom. The van der Waals surface area contributed by atoms with Crippen LogP contribution in [0.1, 0.15) is 13.3 Å². The number of pyridine rings is 1. The van der Waals surface area contributed by atoms with Gasteiger partial charge in [-0.1, -0.05) is 6.92 Å². The second kappa shape index (κ2) is 7.25. The van der Waals surface area contributed by atoms with Crippen LogP contribution in [0.3, 0.4) is 0 Å². The van der Waals surface area contributed by atoms with Crippen molar-refractivity contribution in [2.75, 3.05) is 31.6 Å². The third-order valence-corrected chi connectivity index (χ3v) is 3.22. The van der Waals surface area contributed by atoms with Crippen molar-refractivity contribution < 1.29 is 0 Å². The predicted octanol–water partition coefficient (Wildman–Crippen LogP) is 3.04. The first-order valence-electron chi connectivity index (χ1n) is 5.38. The van der Waals surface area contributed by atoms with Crippen LogP contribution in [-0.2, 0) is 0 Å². The van der Waals surface area contributed by atoms with Gasteiger partial charge in [0.25, 0.3) is 0 Å². The number of aromatic nitrogens is 1. The van der Waals surface area contributed by atoms with Gasteiger partial charge in [0, 0.05) is 30.8 Å². The summed E-state index contributed by atoms with van der Waals surface area (Å²) in [5.74, 6) is 0.974. The van der Waals surface area contributed by atoms with E-state index in [9.17, 15) is 0 Å². The standard InChI is InChI=1S/C11H17Br2N3/c1-3-4-14-5-6-16(2)11-10(13)7-9(12)8-15-11/h7-8,14H,3-6H2,1-2H3. The Kier molecular flexibility index (Phi) is 6.31. The van der Waals surface area contributed by atoms with Gasteiger partial charge in [0.15, 0.2) is 0 Å². The van der Waals surface area contributed by atoms with Gasteiger partial charge in [0.1, 0.15) is 5.82 Å². The summed E-state index contributed by atoms with van der Waals surface area (Å²) >= 11 is 6.91. The van der Waals surface area contributed by atoms with Gasteiger partial charge in [-0.3, -0.25) is 0 Å². The predicted molar refractivity (Wildman–Crippen MR) is 76.1 cm³/mol. The molecule has 0 saturated carbocycles. The largest absolute Gasteiger partial charge is 0.357 e. The van der Waals surface area contributed by atoms with E-state index in [0.717, 1.165) is 34.4 Å². The molecule has 1 rings (SSSR count). The van der Waals surface area contributed by atoms with E-state index in [-0.39, 0.29) is 0 Å². The average molecular weight is 351 g/mol. The maximum atomic E-state index is 4.38. The molecule has 0 bridgehead atoms. The Morgan fingerprint density at radius 3 is 2.75 bits per heavy atom. The highest BCUT2D eigenvalue weighted by Crippen LogP contribution is 2.25. The van der Waals surface area contributed by atoms with Crippen LogP contribution in [0, 0.1) is 0 Å². The molecule has 0 radical (unpaired) electrons. The molecule has 0 aliphatic carbocycles. The zero-order valence-corrected chi connectivity index (χ0v) is 12.8. The van der Waals surface area contributed by atoms with Crippen molar-refractivity contribution in [1.29, 1.82) is 0 Å². The van der Waals surface area contributed by atoms with Crippen molar-refractivity contribution in [3.05, 3.63) is 21.2 Å². The van der Waals surface area contributed by atoms with Crippen molar-refractivity contribution in [3.8, 4) is 0 Å². The van der Waals surface area contributed by atoms with Gasteiger partial charge in [-0.15, -0.1) is 0 Å². The minimum absolute atomic E-state index is 0.952. The fourth-order valence-corrected chi connectivity index (χ4v) is 2.63. The summed E-state index contributed by atoms with van der Waals surface area (Å²) in [6.07, 6.45) is 2.99. The molecule has 0 amide bonds. The summed E-state index contributed by atoms with van der Waals surface area (Å²) < 4.78 is 2.00. The van der Waals surface area contributed by atoms with E-state index in [1.54, 1.807) is 0 Å². The number of anilines is 1. The number of hydrogen-bond donors (Lipinski definition) is 1. The second-order valence-corrected chi connectivity index (χ2v) is 5.40. The van der Waals surface area contributed by atoms with Crippen LogP contribution in [0.4, 0.5) is 5.82 Å². The molecule has 0 fully saturated rings. The molecule has 1 N–H and O–H groups in total. The molecule has 0 unspecified atom stereocenters. The van der Waals surface area contributed by atoms with Gasteiger partial charge in [-0.2, -0.15) is 0 Å².